The van der Waals surface area contributed by atoms with Crippen LogP contribution in [0.15, 0.2) is 72.5 Å². The van der Waals surface area contributed by atoms with Crippen molar-refractivity contribution in [2.45, 2.75) is 19.9 Å². The van der Waals surface area contributed by atoms with E-state index >= 15 is 0 Å². The monoisotopic (exact) mass is 412 g/mol. The molecule has 1 unspecified atom stereocenters. The normalized spacial score (nSPS) is 12.2. The number of aromatic nitrogens is 5. The van der Waals surface area contributed by atoms with Crippen LogP contribution in [0.3, 0.4) is 0 Å². The number of hydrogen-bond donors (Lipinski definition) is 1. The number of nitrogens with zero attached hydrogens (tertiary/aromatic N) is 5. The minimum atomic E-state index is 0.0756. The molecule has 3 heterocycles. The SMILES string of the molecule is Cc1nc(NC(C)c2cccc(-n3cccn3)c2)cc(-c2ccc3ncsc3c2)n1. The van der Waals surface area contributed by atoms with Crippen molar-refractivity contribution in [3.05, 3.63) is 83.9 Å². The summed E-state index contributed by atoms with van der Waals surface area (Å²) in [4.78, 5) is 13.6. The van der Waals surface area contributed by atoms with E-state index in [1.807, 2.05) is 53.6 Å². The molecule has 0 spiro atoms. The molecule has 0 radical (unpaired) electrons. The third-order valence-corrected chi connectivity index (χ3v) is 5.76. The molecule has 0 saturated heterocycles. The van der Waals surface area contributed by atoms with Gasteiger partial charge in [0.25, 0.3) is 0 Å². The van der Waals surface area contributed by atoms with E-state index in [0.717, 1.165) is 44.4 Å². The molecule has 0 saturated carbocycles. The van der Waals surface area contributed by atoms with Crippen LogP contribution in [0.5, 0.6) is 0 Å². The Balaban J connectivity index is 1.43. The van der Waals surface area contributed by atoms with Crippen LogP contribution in [0.4, 0.5) is 5.82 Å². The zero-order chi connectivity index (χ0) is 20.5. The highest BCUT2D eigenvalue weighted by atomic mass is 32.1. The summed E-state index contributed by atoms with van der Waals surface area (Å²) >= 11 is 1.64. The van der Waals surface area contributed by atoms with E-state index in [1.165, 1.54) is 0 Å². The lowest BCUT2D eigenvalue weighted by Gasteiger charge is -2.17. The predicted octanol–water partition coefficient (Wildman–Crippen LogP) is 5.42. The second kappa shape index (κ2) is 7.68. The molecular formula is C23H20N6S. The summed E-state index contributed by atoms with van der Waals surface area (Å²) in [5.41, 5.74) is 7.03. The Morgan fingerprint density at radius 2 is 1.97 bits per heavy atom. The van der Waals surface area contributed by atoms with Gasteiger partial charge in [0, 0.05) is 24.0 Å². The second-order valence-corrected chi connectivity index (χ2v) is 8.02. The predicted molar refractivity (Wildman–Crippen MR) is 121 cm³/mol. The lowest BCUT2D eigenvalue weighted by atomic mass is 10.1. The third-order valence-electron chi connectivity index (χ3n) is 4.97. The van der Waals surface area contributed by atoms with Crippen molar-refractivity contribution in [2.75, 3.05) is 5.32 Å². The molecule has 0 fully saturated rings. The molecule has 0 amide bonds. The van der Waals surface area contributed by atoms with Gasteiger partial charge in [0.1, 0.15) is 11.6 Å². The molecular weight excluding hydrogens is 392 g/mol. The standard InChI is InChI=1S/C23H20N6S/c1-15(17-5-3-6-19(11-17)29-10-4-9-25-29)26-23-13-21(27-16(2)28-23)18-7-8-20-22(12-18)30-14-24-20/h3-15H,1-2H3,(H,26,27,28). The third kappa shape index (κ3) is 3.67. The van der Waals surface area contributed by atoms with E-state index in [1.54, 1.807) is 17.5 Å². The minimum Gasteiger partial charge on any atom is -0.363 e. The molecule has 6 nitrogen and oxygen atoms in total. The molecule has 0 bridgehead atoms. The van der Waals surface area contributed by atoms with Gasteiger partial charge in [0.15, 0.2) is 0 Å². The van der Waals surface area contributed by atoms with Gasteiger partial charge in [0.2, 0.25) is 0 Å². The van der Waals surface area contributed by atoms with Crippen LogP contribution in [0.25, 0.3) is 27.2 Å². The van der Waals surface area contributed by atoms with Crippen LogP contribution in [0, 0.1) is 6.92 Å². The van der Waals surface area contributed by atoms with Crippen LogP contribution >= 0.6 is 11.3 Å². The van der Waals surface area contributed by atoms with E-state index in [9.17, 15) is 0 Å². The average Bonchev–Trinajstić information content (AvgIpc) is 3.45. The van der Waals surface area contributed by atoms with Crippen LogP contribution in [-0.4, -0.2) is 24.7 Å². The van der Waals surface area contributed by atoms with Crippen molar-refractivity contribution < 1.29 is 0 Å². The fourth-order valence-corrected chi connectivity index (χ4v) is 4.18. The number of rotatable bonds is 5. The van der Waals surface area contributed by atoms with E-state index in [2.05, 4.69) is 56.6 Å². The summed E-state index contributed by atoms with van der Waals surface area (Å²) in [5.74, 6) is 1.54. The number of fused-ring (bicyclic) bond motifs is 1. The summed E-state index contributed by atoms with van der Waals surface area (Å²) < 4.78 is 3.01. The van der Waals surface area contributed by atoms with Crippen molar-refractivity contribution in [3.63, 3.8) is 0 Å². The lowest BCUT2D eigenvalue weighted by molar-refractivity contribution is 0.846. The molecule has 148 valence electrons. The largest absolute Gasteiger partial charge is 0.363 e. The topological polar surface area (TPSA) is 68.5 Å². The molecule has 0 aliphatic heterocycles. The van der Waals surface area contributed by atoms with Gasteiger partial charge in [-0.25, -0.2) is 19.6 Å². The minimum absolute atomic E-state index is 0.0756. The number of hydrogen-bond acceptors (Lipinski definition) is 6. The van der Waals surface area contributed by atoms with E-state index in [4.69, 9.17) is 0 Å². The summed E-state index contributed by atoms with van der Waals surface area (Å²) in [6.45, 7) is 4.05. The van der Waals surface area contributed by atoms with Gasteiger partial charge >= 0.3 is 0 Å². The van der Waals surface area contributed by atoms with E-state index in [-0.39, 0.29) is 6.04 Å². The van der Waals surface area contributed by atoms with Crippen LogP contribution in [-0.2, 0) is 0 Å². The number of thiazole rings is 1. The number of aryl methyl sites for hydroxylation is 1. The maximum Gasteiger partial charge on any atom is 0.130 e. The maximum absolute atomic E-state index is 4.64. The highest BCUT2D eigenvalue weighted by molar-refractivity contribution is 7.16. The first kappa shape index (κ1) is 18.4. The lowest BCUT2D eigenvalue weighted by Crippen LogP contribution is -2.10. The average molecular weight is 413 g/mol. The van der Waals surface area contributed by atoms with Crippen LogP contribution in [0.1, 0.15) is 24.4 Å². The zero-order valence-electron chi connectivity index (χ0n) is 16.6. The smallest absolute Gasteiger partial charge is 0.130 e. The molecule has 1 atom stereocenters. The zero-order valence-corrected chi connectivity index (χ0v) is 17.5. The highest BCUT2D eigenvalue weighted by Crippen LogP contribution is 2.27. The Morgan fingerprint density at radius 3 is 2.83 bits per heavy atom. The molecule has 5 rings (SSSR count). The van der Waals surface area contributed by atoms with Crippen molar-refractivity contribution in [1.82, 2.24) is 24.7 Å². The molecule has 0 aliphatic carbocycles. The number of nitrogens with one attached hydrogen (secondary N) is 1. The summed E-state index contributed by atoms with van der Waals surface area (Å²) in [5, 5.41) is 7.84. The van der Waals surface area contributed by atoms with Gasteiger partial charge in [-0.05, 0) is 49.7 Å². The van der Waals surface area contributed by atoms with Crippen molar-refractivity contribution in [1.29, 1.82) is 0 Å². The fraction of sp³-hybridized carbons (Fsp3) is 0.130. The van der Waals surface area contributed by atoms with Gasteiger partial charge in [-0.15, -0.1) is 11.3 Å². The molecule has 3 aromatic heterocycles. The van der Waals surface area contributed by atoms with Crippen molar-refractivity contribution in [2.24, 2.45) is 0 Å². The Labute approximate surface area is 178 Å². The fourth-order valence-electron chi connectivity index (χ4n) is 3.47. The highest BCUT2D eigenvalue weighted by Gasteiger charge is 2.11. The van der Waals surface area contributed by atoms with Gasteiger partial charge in [-0.2, -0.15) is 5.10 Å². The Kier molecular flexibility index (Phi) is 4.72. The summed E-state index contributed by atoms with van der Waals surface area (Å²) in [6, 6.07) is 18.6. The van der Waals surface area contributed by atoms with Gasteiger partial charge in [-0.3, -0.25) is 0 Å². The van der Waals surface area contributed by atoms with Gasteiger partial charge in [0.05, 0.1) is 33.2 Å². The summed E-state index contributed by atoms with van der Waals surface area (Å²) in [6.07, 6.45) is 3.72. The van der Waals surface area contributed by atoms with Gasteiger partial charge in [-0.1, -0.05) is 18.2 Å². The number of anilines is 1. The molecule has 2 aromatic carbocycles. The Bertz CT molecular complexity index is 1310. The van der Waals surface area contributed by atoms with E-state index in [0.29, 0.717) is 0 Å². The van der Waals surface area contributed by atoms with Crippen LogP contribution in [0.2, 0.25) is 0 Å². The molecule has 7 heteroatoms. The number of benzene rings is 2. The van der Waals surface area contributed by atoms with Crippen molar-refractivity contribution in [3.8, 4) is 16.9 Å². The first-order valence-corrected chi connectivity index (χ1v) is 10.6. The molecule has 1 N–H and O–H groups in total. The first-order chi connectivity index (χ1) is 14.7. The Morgan fingerprint density at radius 1 is 1.03 bits per heavy atom. The van der Waals surface area contributed by atoms with E-state index < -0.39 is 0 Å². The molecule has 5 aromatic rings. The van der Waals surface area contributed by atoms with Crippen molar-refractivity contribution >= 4 is 27.4 Å². The van der Waals surface area contributed by atoms with Gasteiger partial charge < -0.3 is 5.32 Å². The molecule has 30 heavy (non-hydrogen) atoms. The maximum atomic E-state index is 4.64. The Hall–Kier alpha value is -3.58. The first-order valence-electron chi connectivity index (χ1n) is 9.71. The van der Waals surface area contributed by atoms with Crippen LogP contribution < -0.4 is 5.32 Å². The quantitative estimate of drug-likeness (QED) is 0.417. The second-order valence-electron chi connectivity index (χ2n) is 7.13. The summed E-state index contributed by atoms with van der Waals surface area (Å²) in [7, 11) is 0. The molecule has 0 aliphatic rings.